The number of hydrogen-bond donors (Lipinski definition) is 1. The SMILES string of the molecule is O=S(=O)(NC1CCCCC1Br)c1ccc(F)cc1F. The molecule has 7 heteroatoms. The van der Waals surface area contributed by atoms with Crippen LogP contribution in [0.4, 0.5) is 8.78 Å². The molecule has 2 unspecified atom stereocenters. The van der Waals surface area contributed by atoms with Crippen LogP contribution in [0.25, 0.3) is 0 Å². The van der Waals surface area contributed by atoms with E-state index in [1.165, 1.54) is 0 Å². The van der Waals surface area contributed by atoms with Gasteiger partial charge in [-0.2, -0.15) is 0 Å². The van der Waals surface area contributed by atoms with Crippen LogP contribution in [0.5, 0.6) is 0 Å². The highest BCUT2D eigenvalue weighted by atomic mass is 79.9. The molecule has 0 saturated heterocycles. The predicted molar refractivity (Wildman–Crippen MR) is 71.7 cm³/mol. The van der Waals surface area contributed by atoms with Crippen molar-refractivity contribution in [2.24, 2.45) is 0 Å². The summed E-state index contributed by atoms with van der Waals surface area (Å²) in [6, 6.07) is 2.19. The molecule has 1 aromatic rings. The lowest BCUT2D eigenvalue weighted by Gasteiger charge is -2.27. The van der Waals surface area contributed by atoms with Gasteiger partial charge in [0.25, 0.3) is 0 Å². The molecular formula is C12H14BrF2NO2S. The van der Waals surface area contributed by atoms with Gasteiger partial charge in [0.2, 0.25) is 10.0 Å². The molecule has 2 rings (SSSR count). The van der Waals surface area contributed by atoms with Crippen LogP contribution < -0.4 is 4.72 Å². The number of rotatable bonds is 3. The van der Waals surface area contributed by atoms with Gasteiger partial charge >= 0.3 is 0 Å². The van der Waals surface area contributed by atoms with Crippen molar-refractivity contribution in [3.63, 3.8) is 0 Å². The molecule has 19 heavy (non-hydrogen) atoms. The van der Waals surface area contributed by atoms with Crippen molar-refractivity contribution in [3.8, 4) is 0 Å². The summed E-state index contributed by atoms with van der Waals surface area (Å²) >= 11 is 3.43. The minimum absolute atomic E-state index is 0.0412. The van der Waals surface area contributed by atoms with Crippen LogP contribution in [-0.4, -0.2) is 19.3 Å². The predicted octanol–water partition coefficient (Wildman–Crippen LogP) is 2.95. The van der Waals surface area contributed by atoms with Gasteiger partial charge in [0.15, 0.2) is 0 Å². The van der Waals surface area contributed by atoms with Crippen molar-refractivity contribution in [2.45, 2.75) is 41.4 Å². The molecule has 1 aromatic carbocycles. The van der Waals surface area contributed by atoms with Gasteiger partial charge in [-0.3, -0.25) is 0 Å². The first-order chi connectivity index (χ1) is 8.90. The summed E-state index contributed by atoms with van der Waals surface area (Å²) in [6.45, 7) is 0. The van der Waals surface area contributed by atoms with Crippen molar-refractivity contribution in [2.75, 3.05) is 0 Å². The lowest BCUT2D eigenvalue weighted by Crippen LogP contribution is -2.42. The maximum Gasteiger partial charge on any atom is 0.243 e. The van der Waals surface area contributed by atoms with E-state index < -0.39 is 26.6 Å². The topological polar surface area (TPSA) is 46.2 Å². The van der Waals surface area contributed by atoms with Crippen molar-refractivity contribution in [3.05, 3.63) is 29.8 Å². The lowest BCUT2D eigenvalue weighted by molar-refractivity contribution is 0.426. The highest BCUT2D eigenvalue weighted by molar-refractivity contribution is 9.09. The zero-order valence-corrected chi connectivity index (χ0v) is 12.5. The van der Waals surface area contributed by atoms with Gasteiger partial charge in [-0.25, -0.2) is 21.9 Å². The van der Waals surface area contributed by atoms with E-state index in [1.807, 2.05) is 0 Å². The summed E-state index contributed by atoms with van der Waals surface area (Å²) in [4.78, 5) is -0.473. The van der Waals surface area contributed by atoms with E-state index in [0.29, 0.717) is 12.5 Å². The normalized spacial score (nSPS) is 24.4. The van der Waals surface area contributed by atoms with Gasteiger partial charge < -0.3 is 0 Å². The molecule has 2 atom stereocenters. The number of sulfonamides is 1. The molecular weight excluding hydrogens is 340 g/mol. The molecule has 1 N–H and O–H groups in total. The van der Waals surface area contributed by atoms with Crippen LogP contribution in [0.3, 0.4) is 0 Å². The average Bonchev–Trinajstić information content (AvgIpc) is 2.31. The van der Waals surface area contributed by atoms with Gasteiger partial charge in [0.05, 0.1) is 0 Å². The third-order valence-electron chi connectivity index (χ3n) is 3.17. The minimum atomic E-state index is -3.96. The quantitative estimate of drug-likeness (QED) is 0.849. The van der Waals surface area contributed by atoms with Crippen LogP contribution in [0.15, 0.2) is 23.1 Å². The smallest absolute Gasteiger partial charge is 0.207 e. The zero-order valence-electron chi connectivity index (χ0n) is 10.1. The summed E-state index contributed by atoms with van der Waals surface area (Å²) < 4.78 is 53.0. The molecule has 1 aliphatic carbocycles. The van der Waals surface area contributed by atoms with Gasteiger partial charge in [0, 0.05) is 16.9 Å². The summed E-state index contributed by atoms with van der Waals surface area (Å²) in [5, 5.41) is 0. The van der Waals surface area contributed by atoms with Gasteiger partial charge in [-0.15, -0.1) is 0 Å². The second-order valence-corrected chi connectivity index (χ2v) is 7.46. The third-order valence-corrected chi connectivity index (χ3v) is 5.79. The zero-order chi connectivity index (χ0) is 14.0. The fraction of sp³-hybridized carbons (Fsp3) is 0.500. The van der Waals surface area contributed by atoms with E-state index in [2.05, 4.69) is 20.7 Å². The Labute approximate surface area is 119 Å². The number of hydrogen-bond acceptors (Lipinski definition) is 2. The Bertz CT molecular complexity index is 565. The van der Waals surface area contributed by atoms with Gasteiger partial charge in [-0.1, -0.05) is 28.8 Å². The highest BCUT2D eigenvalue weighted by Gasteiger charge is 2.29. The molecule has 3 nitrogen and oxygen atoms in total. The van der Waals surface area contributed by atoms with Crippen LogP contribution in [-0.2, 0) is 10.0 Å². The number of alkyl halides is 1. The van der Waals surface area contributed by atoms with Crippen LogP contribution >= 0.6 is 15.9 Å². The number of benzene rings is 1. The molecule has 1 fully saturated rings. The summed E-state index contributed by atoms with van der Waals surface area (Å²) in [7, 11) is -3.96. The largest absolute Gasteiger partial charge is 0.243 e. The molecule has 0 bridgehead atoms. The summed E-state index contributed by atoms with van der Waals surface area (Å²) in [5.41, 5.74) is 0. The van der Waals surface area contributed by atoms with E-state index in [9.17, 15) is 17.2 Å². The Morgan fingerprint density at radius 1 is 1.21 bits per heavy atom. The van der Waals surface area contributed by atoms with E-state index in [0.717, 1.165) is 31.4 Å². The van der Waals surface area contributed by atoms with Crippen molar-refractivity contribution in [1.82, 2.24) is 4.72 Å². The molecule has 0 amide bonds. The second kappa shape index (κ2) is 5.85. The first-order valence-corrected chi connectivity index (χ1v) is 8.41. The fourth-order valence-corrected chi connectivity index (χ4v) is 4.44. The van der Waals surface area contributed by atoms with Gasteiger partial charge in [0.1, 0.15) is 16.5 Å². The van der Waals surface area contributed by atoms with E-state index in [-0.39, 0.29) is 10.9 Å². The Morgan fingerprint density at radius 2 is 1.89 bits per heavy atom. The standard InChI is InChI=1S/C12H14BrF2NO2S/c13-9-3-1-2-4-11(9)16-19(17,18)12-6-5-8(14)7-10(12)15/h5-7,9,11,16H,1-4H2. The average molecular weight is 354 g/mol. The molecule has 0 heterocycles. The minimum Gasteiger partial charge on any atom is -0.207 e. The Morgan fingerprint density at radius 3 is 2.53 bits per heavy atom. The van der Waals surface area contributed by atoms with E-state index >= 15 is 0 Å². The first-order valence-electron chi connectivity index (χ1n) is 6.01. The fourth-order valence-electron chi connectivity index (χ4n) is 2.17. The summed E-state index contributed by atoms with van der Waals surface area (Å²) in [6.07, 6.45) is 3.55. The molecule has 0 aliphatic heterocycles. The van der Waals surface area contributed by atoms with Crippen LogP contribution in [0.1, 0.15) is 25.7 Å². The third kappa shape index (κ3) is 3.52. The lowest BCUT2D eigenvalue weighted by atomic mass is 9.96. The van der Waals surface area contributed by atoms with Crippen LogP contribution in [0.2, 0.25) is 0 Å². The van der Waals surface area contributed by atoms with Crippen molar-refractivity contribution in [1.29, 1.82) is 0 Å². The summed E-state index contributed by atoms with van der Waals surface area (Å²) in [5.74, 6) is -1.87. The Kier molecular flexibility index (Phi) is 4.58. The first kappa shape index (κ1) is 14.9. The molecule has 0 spiro atoms. The molecule has 1 aliphatic rings. The molecule has 1 saturated carbocycles. The second-order valence-electron chi connectivity index (χ2n) is 4.60. The monoisotopic (exact) mass is 353 g/mol. The van der Waals surface area contributed by atoms with Gasteiger partial charge in [-0.05, 0) is 25.0 Å². The Balaban J connectivity index is 2.22. The maximum absolute atomic E-state index is 13.5. The van der Waals surface area contributed by atoms with E-state index in [1.54, 1.807) is 0 Å². The number of nitrogens with one attached hydrogen (secondary N) is 1. The van der Waals surface area contributed by atoms with E-state index in [4.69, 9.17) is 0 Å². The maximum atomic E-state index is 13.5. The van der Waals surface area contributed by atoms with Crippen LogP contribution in [0, 0.1) is 11.6 Å². The van der Waals surface area contributed by atoms with Crippen molar-refractivity contribution < 1.29 is 17.2 Å². The molecule has 106 valence electrons. The number of halogens is 3. The molecule has 0 radical (unpaired) electrons. The Hall–Kier alpha value is -0.530. The highest BCUT2D eigenvalue weighted by Crippen LogP contribution is 2.26. The van der Waals surface area contributed by atoms with Crippen molar-refractivity contribution >= 4 is 26.0 Å². The molecule has 0 aromatic heterocycles.